The molecule has 3 aromatic rings. The molecule has 0 amide bonds. The van der Waals surface area contributed by atoms with Crippen molar-refractivity contribution < 1.29 is 13.2 Å². The minimum Gasteiger partial charge on any atom is -0.369 e. The van der Waals surface area contributed by atoms with Crippen LogP contribution >= 0.6 is 0 Å². The summed E-state index contributed by atoms with van der Waals surface area (Å²) in [6.45, 7) is 1.28. The van der Waals surface area contributed by atoms with Crippen molar-refractivity contribution in [1.29, 1.82) is 0 Å². The van der Waals surface area contributed by atoms with Crippen molar-refractivity contribution in [3.8, 4) is 11.4 Å². The van der Waals surface area contributed by atoms with Gasteiger partial charge in [-0.1, -0.05) is 0 Å². The third-order valence-corrected chi connectivity index (χ3v) is 4.30. The van der Waals surface area contributed by atoms with Crippen molar-refractivity contribution in [2.75, 3.05) is 11.9 Å². The number of aromatic nitrogens is 6. The number of nitrogens with one attached hydrogen (secondary N) is 1. The average Bonchev–Trinajstić information content (AvgIpc) is 3.26. The number of aryl methyl sites for hydroxylation is 1. The van der Waals surface area contributed by atoms with Gasteiger partial charge < -0.3 is 9.88 Å². The standard InChI is InChI=1S/C17H16F3N7/c18-17(19,20)12-10-13(24-16(23-12)11-3-6-21-7-4-11)22-8-5-15-26-25-14-2-1-9-27(14)15/h3-4,6-7,10H,1-2,5,8-9H2,(H,22,23,24). The quantitative estimate of drug-likeness (QED) is 0.739. The van der Waals surface area contributed by atoms with Gasteiger partial charge >= 0.3 is 6.18 Å². The number of rotatable bonds is 5. The molecule has 0 bridgehead atoms. The molecular weight excluding hydrogens is 359 g/mol. The van der Waals surface area contributed by atoms with Crippen LogP contribution in [0, 0.1) is 0 Å². The Bertz CT molecular complexity index is 937. The van der Waals surface area contributed by atoms with Gasteiger partial charge in [-0.15, -0.1) is 10.2 Å². The van der Waals surface area contributed by atoms with Crippen molar-refractivity contribution in [1.82, 2.24) is 29.7 Å². The molecule has 0 radical (unpaired) electrons. The van der Waals surface area contributed by atoms with Gasteiger partial charge in [0.25, 0.3) is 0 Å². The molecule has 7 nitrogen and oxygen atoms in total. The number of pyridine rings is 1. The summed E-state index contributed by atoms with van der Waals surface area (Å²) in [6.07, 6.45) is 0.909. The van der Waals surface area contributed by atoms with Crippen LogP contribution in [-0.4, -0.2) is 36.3 Å². The highest BCUT2D eigenvalue weighted by atomic mass is 19.4. The Morgan fingerprint density at radius 2 is 1.93 bits per heavy atom. The van der Waals surface area contributed by atoms with Crippen LogP contribution in [0.5, 0.6) is 0 Å². The Labute approximate surface area is 152 Å². The van der Waals surface area contributed by atoms with Crippen molar-refractivity contribution in [3.63, 3.8) is 0 Å². The molecule has 4 rings (SSSR count). The molecule has 0 spiro atoms. The van der Waals surface area contributed by atoms with Crippen LogP contribution in [0.25, 0.3) is 11.4 Å². The molecule has 4 heterocycles. The van der Waals surface area contributed by atoms with Crippen LogP contribution in [0.15, 0.2) is 30.6 Å². The van der Waals surface area contributed by atoms with Crippen molar-refractivity contribution in [2.24, 2.45) is 0 Å². The SMILES string of the molecule is FC(F)(F)c1cc(NCCc2nnc3n2CCC3)nc(-c2ccncc2)n1. The van der Waals surface area contributed by atoms with E-state index in [4.69, 9.17) is 0 Å². The maximum Gasteiger partial charge on any atom is 0.433 e. The van der Waals surface area contributed by atoms with Gasteiger partial charge in [0.15, 0.2) is 11.5 Å². The van der Waals surface area contributed by atoms with Gasteiger partial charge in [0.2, 0.25) is 0 Å². The van der Waals surface area contributed by atoms with Crippen molar-refractivity contribution in [2.45, 2.75) is 32.0 Å². The molecule has 0 aromatic carbocycles. The molecule has 27 heavy (non-hydrogen) atoms. The van der Waals surface area contributed by atoms with Crippen molar-refractivity contribution in [3.05, 3.63) is 47.9 Å². The lowest BCUT2D eigenvalue weighted by molar-refractivity contribution is -0.141. The number of nitrogens with zero attached hydrogens (tertiary/aromatic N) is 6. The maximum absolute atomic E-state index is 13.2. The zero-order valence-corrected chi connectivity index (χ0v) is 14.2. The summed E-state index contributed by atoms with van der Waals surface area (Å²) in [5.74, 6) is 1.91. The Kier molecular flexibility index (Phi) is 4.46. The van der Waals surface area contributed by atoms with Crippen LogP contribution in [0.3, 0.4) is 0 Å². The Balaban J connectivity index is 1.54. The summed E-state index contributed by atoms with van der Waals surface area (Å²) < 4.78 is 41.7. The van der Waals surface area contributed by atoms with E-state index < -0.39 is 11.9 Å². The van der Waals surface area contributed by atoms with Crippen LogP contribution in [-0.2, 0) is 25.6 Å². The first kappa shape index (κ1) is 17.4. The smallest absolute Gasteiger partial charge is 0.369 e. The molecule has 0 aliphatic carbocycles. The third-order valence-electron chi connectivity index (χ3n) is 4.30. The summed E-state index contributed by atoms with van der Waals surface area (Å²) in [4.78, 5) is 11.7. The number of halogens is 3. The summed E-state index contributed by atoms with van der Waals surface area (Å²) in [5, 5.41) is 11.2. The molecule has 0 saturated heterocycles. The van der Waals surface area contributed by atoms with Gasteiger partial charge in [0.05, 0.1) is 0 Å². The van der Waals surface area contributed by atoms with Gasteiger partial charge in [-0.3, -0.25) is 4.98 Å². The van der Waals surface area contributed by atoms with E-state index in [-0.39, 0.29) is 11.6 Å². The van der Waals surface area contributed by atoms with Gasteiger partial charge in [-0.25, -0.2) is 9.97 Å². The first-order chi connectivity index (χ1) is 13.0. The lowest BCUT2D eigenvalue weighted by atomic mass is 10.2. The lowest BCUT2D eigenvalue weighted by Crippen LogP contribution is -2.14. The molecule has 0 atom stereocenters. The number of hydrogen-bond acceptors (Lipinski definition) is 6. The zero-order chi connectivity index (χ0) is 18.9. The lowest BCUT2D eigenvalue weighted by Gasteiger charge is -2.12. The monoisotopic (exact) mass is 375 g/mol. The normalized spacial score (nSPS) is 13.6. The first-order valence-electron chi connectivity index (χ1n) is 8.52. The number of hydrogen-bond donors (Lipinski definition) is 1. The summed E-state index contributed by atoms with van der Waals surface area (Å²) in [5.41, 5.74) is -0.524. The fraction of sp³-hybridized carbons (Fsp3) is 0.353. The fourth-order valence-electron chi connectivity index (χ4n) is 3.01. The van der Waals surface area contributed by atoms with Crippen LogP contribution in [0.1, 0.15) is 23.8 Å². The predicted octanol–water partition coefficient (Wildman–Crippen LogP) is 2.75. The molecule has 3 aromatic heterocycles. The van der Waals surface area contributed by atoms with Gasteiger partial charge in [0, 0.05) is 50.0 Å². The van der Waals surface area contributed by atoms with E-state index in [1.54, 1.807) is 12.1 Å². The Morgan fingerprint density at radius 1 is 1.11 bits per heavy atom. The largest absolute Gasteiger partial charge is 0.433 e. The van der Waals surface area contributed by atoms with E-state index in [1.807, 2.05) is 0 Å². The molecule has 0 saturated carbocycles. The molecule has 0 unspecified atom stereocenters. The minimum atomic E-state index is -4.56. The highest BCUT2D eigenvalue weighted by Gasteiger charge is 2.33. The molecular formula is C17H16F3N7. The topological polar surface area (TPSA) is 81.4 Å². The molecule has 1 aliphatic rings. The molecule has 140 valence electrons. The minimum absolute atomic E-state index is 0.00176. The van der Waals surface area contributed by atoms with Crippen LogP contribution in [0.2, 0.25) is 0 Å². The predicted molar refractivity (Wildman–Crippen MR) is 90.8 cm³/mol. The molecule has 1 N–H and O–H groups in total. The molecule has 10 heteroatoms. The summed E-state index contributed by atoms with van der Waals surface area (Å²) in [6, 6.07) is 4.05. The van der Waals surface area contributed by atoms with E-state index in [9.17, 15) is 13.2 Å². The average molecular weight is 375 g/mol. The molecule has 0 fully saturated rings. The van der Waals surface area contributed by atoms with Crippen LogP contribution in [0.4, 0.5) is 19.0 Å². The highest BCUT2D eigenvalue weighted by Crippen LogP contribution is 2.30. The zero-order valence-electron chi connectivity index (χ0n) is 14.2. The second-order valence-electron chi connectivity index (χ2n) is 6.16. The molecule has 1 aliphatic heterocycles. The highest BCUT2D eigenvalue weighted by molar-refractivity contribution is 5.57. The van der Waals surface area contributed by atoms with Crippen LogP contribution < -0.4 is 5.32 Å². The van der Waals surface area contributed by atoms with Gasteiger partial charge in [-0.2, -0.15) is 13.2 Å². The van der Waals surface area contributed by atoms with E-state index in [0.717, 1.165) is 37.1 Å². The summed E-state index contributed by atoms with van der Waals surface area (Å²) in [7, 11) is 0. The van der Waals surface area contributed by atoms with E-state index in [0.29, 0.717) is 18.5 Å². The second kappa shape index (κ2) is 6.93. The second-order valence-corrected chi connectivity index (χ2v) is 6.16. The third kappa shape index (κ3) is 3.74. The number of fused-ring (bicyclic) bond motifs is 1. The Hall–Kier alpha value is -3.04. The Morgan fingerprint density at radius 3 is 2.70 bits per heavy atom. The number of alkyl halides is 3. The van der Waals surface area contributed by atoms with E-state index in [1.165, 1.54) is 12.4 Å². The van der Waals surface area contributed by atoms with E-state index >= 15 is 0 Å². The maximum atomic E-state index is 13.2. The van der Waals surface area contributed by atoms with Gasteiger partial charge in [-0.05, 0) is 18.6 Å². The first-order valence-corrected chi connectivity index (χ1v) is 8.52. The summed E-state index contributed by atoms with van der Waals surface area (Å²) >= 11 is 0. The number of anilines is 1. The van der Waals surface area contributed by atoms with Crippen molar-refractivity contribution >= 4 is 5.82 Å². The fourth-order valence-corrected chi connectivity index (χ4v) is 3.01. The van der Waals surface area contributed by atoms with Gasteiger partial charge in [0.1, 0.15) is 17.5 Å². The van der Waals surface area contributed by atoms with E-state index in [2.05, 4.69) is 35.0 Å².